The topological polar surface area (TPSA) is 84.7 Å². The third kappa shape index (κ3) is 3.99. The van der Waals surface area contributed by atoms with E-state index in [1.807, 2.05) is 24.3 Å². The van der Waals surface area contributed by atoms with Crippen molar-refractivity contribution in [2.75, 3.05) is 5.32 Å². The molecule has 134 valence electrons. The second-order valence-electron chi connectivity index (χ2n) is 6.93. The summed E-state index contributed by atoms with van der Waals surface area (Å²) in [4.78, 5) is 12.4. The number of nitrogens with one attached hydrogen (secondary N) is 2. The van der Waals surface area contributed by atoms with Crippen LogP contribution in [0.3, 0.4) is 0 Å². The summed E-state index contributed by atoms with van der Waals surface area (Å²) in [5, 5.41) is 18.1. The molecule has 2 bridgehead atoms. The molecule has 25 heavy (non-hydrogen) atoms. The van der Waals surface area contributed by atoms with E-state index >= 15 is 0 Å². The number of tetrazole rings is 1. The van der Waals surface area contributed by atoms with E-state index in [9.17, 15) is 4.79 Å². The Morgan fingerprint density at radius 1 is 1.32 bits per heavy atom. The van der Waals surface area contributed by atoms with Gasteiger partial charge in [-0.2, -0.15) is 0 Å². The number of benzene rings is 1. The molecule has 4 rings (SSSR count). The summed E-state index contributed by atoms with van der Waals surface area (Å²) in [5.41, 5.74) is 1.68. The normalized spacial score (nSPS) is 24.6. The Bertz CT molecular complexity index is 736. The van der Waals surface area contributed by atoms with E-state index in [0.29, 0.717) is 30.2 Å². The summed E-state index contributed by atoms with van der Waals surface area (Å²) < 4.78 is 1.62. The second-order valence-corrected chi connectivity index (χ2v) is 6.93. The van der Waals surface area contributed by atoms with Crippen molar-refractivity contribution in [1.29, 1.82) is 0 Å². The zero-order chi connectivity index (χ0) is 16.5. The number of anilines is 1. The third-order valence-corrected chi connectivity index (χ3v) is 5.07. The number of aromatic nitrogens is 4. The van der Waals surface area contributed by atoms with E-state index in [2.05, 4.69) is 26.2 Å². The monoisotopic (exact) mass is 362 g/mol. The molecule has 0 spiro atoms. The Labute approximate surface area is 153 Å². The van der Waals surface area contributed by atoms with Gasteiger partial charge >= 0.3 is 0 Å². The first-order valence-corrected chi connectivity index (χ1v) is 8.56. The Morgan fingerprint density at radius 2 is 2.08 bits per heavy atom. The first kappa shape index (κ1) is 17.8. The van der Waals surface area contributed by atoms with Crippen molar-refractivity contribution in [3.05, 3.63) is 24.3 Å². The number of amides is 1. The number of hydrogen-bond donors (Lipinski definition) is 2. The van der Waals surface area contributed by atoms with Crippen molar-refractivity contribution in [2.45, 2.75) is 44.2 Å². The standard InChI is InChI=1S/C17H22N6O.ClH/c1-23-17(20-21-22-23)12-3-2-4-13(10-12)19-16(24)9-11-7-14-5-6-15(8-11)18-14;/h2-4,10-11,14-15,18H,5-9H2,1H3,(H,19,24);1H. The molecular formula is C17H23ClN6O. The fourth-order valence-corrected chi connectivity index (χ4v) is 4.03. The van der Waals surface area contributed by atoms with Crippen molar-refractivity contribution in [3.63, 3.8) is 0 Å². The molecule has 2 atom stereocenters. The van der Waals surface area contributed by atoms with Crippen LogP contribution in [0.15, 0.2) is 24.3 Å². The van der Waals surface area contributed by atoms with Gasteiger partial charge < -0.3 is 10.6 Å². The van der Waals surface area contributed by atoms with Crippen molar-refractivity contribution in [2.24, 2.45) is 13.0 Å². The summed E-state index contributed by atoms with van der Waals surface area (Å²) >= 11 is 0. The average molecular weight is 363 g/mol. The number of hydrogen-bond acceptors (Lipinski definition) is 5. The number of carbonyl (C=O) groups excluding carboxylic acids is 1. The molecule has 3 heterocycles. The van der Waals surface area contributed by atoms with Gasteiger partial charge in [0.15, 0.2) is 5.82 Å². The summed E-state index contributed by atoms with van der Waals surface area (Å²) in [6.45, 7) is 0. The van der Waals surface area contributed by atoms with Crippen LogP contribution in [-0.4, -0.2) is 38.2 Å². The number of piperidine rings is 1. The Kier molecular flexibility index (Phi) is 5.34. The molecule has 2 saturated heterocycles. The maximum absolute atomic E-state index is 12.4. The Balaban J connectivity index is 0.00000182. The quantitative estimate of drug-likeness (QED) is 0.870. The van der Waals surface area contributed by atoms with Crippen LogP contribution in [0.1, 0.15) is 32.1 Å². The van der Waals surface area contributed by atoms with E-state index in [1.54, 1.807) is 11.7 Å². The fourth-order valence-electron chi connectivity index (χ4n) is 4.03. The van der Waals surface area contributed by atoms with Crippen LogP contribution in [0.5, 0.6) is 0 Å². The molecular weight excluding hydrogens is 340 g/mol. The van der Waals surface area contributed by atoms with E-state index in [1.165, 1.54) is 12.8 Å². The van der Waals surface area contributed by atoms with Gasteiger partial charge in [0.25, 0.3) is 0 Å². The van der Waals surface area contributed by atoms with Crippen molar-refractivity contribution in [1.82, 2.24) is 25.5 Å². The first-order chi connectivity index (χ1) is 11.7. The largest absolute Gasteiger partial charge is 0.326 e. The van der Waals surface area contributed by atoms with E-state index in [0.717, 1.165) is 24.1 Å². The van der Waals surface area contributed by atoms with Gasteiger partial charge in [-0.25, -0.2) is 4.68 Å². The lowest BCUT2D eigenvalue weighted by molar-refractivity contribution is -0.117. The summed E-state index contributed by atoms with van der Waals surface area (Å²) in [5.74, 6) is 1.27. The molecule has 0 aliphatic carbocycles. The summed E-state index contributed by atoms with van der Waals surface area (Å²) in [6, 6.07) is 8.89. The molecule has 0 saturated carbocycles. The van der Waals surface area contributed by atoms with Gasteiger partial charge in [0.2, 0.25) is 5.91 Å². The van der Waals surface area contributed by atoms with E-state index in [-0.39, 0.29) is 18.3 Å². The highest BCUT2D eigenvalue weighted by Gasteiger charge is 2.34. The number of rotatable bonds is 4. The molecule has 2 fully saturated rings. The third-order valence-electron chi connectivity index (χ3n) is 5.07. The minimum absolute atomic E-state index is 0. The van der Waals surface area contributed by atoms with Crippen molar-refractivity contribution in [3.8, 4) is 11.4 Å². The highest BCUT2D eigenvalue weighted by molar-refractivity contribution is 5.91. The zero-order valence-corrected chi connectivity index (χ0v) is 15.0. The smallest absolute Gasteiger partial charge is 0.224 e. The van der Waals surface area contributed by atoms with E-state index < -0.39 is 0 Å². The molecule has 7 nitrogen and oxygen atoms in total. The molecule has 2 N–H and O–H groups in total. The number of nitrogens with zero attached hydrogens (tertiary/aromatic N) is 4. The van der Waals surface area contributed by atoms with Crippen molar-refractivity contribution < 1.29 is 4.79 Å². The average Bonchev–Trinajstić information content (AvgIpc) is 3.13. The van der Waals surface area contributed by atoms with Gasteiger partial charge in [-0.05, 0) is 54.2 Å². The highest BCUT2D eigenvalue weighted by Crippen LogP contribution is 2.32. The maximum Gasteiger partial charge on any atom is 0.224 e. The minimum Gasteiger partial charge on any atom is -0.326 e. The van der Waals surface area contributed by atoms with Crippen LogP contribution >= 0.6 is 12.4 Å². The van der Waals surface area contributed by atoms with Gasteiger partial charge in [-0.3, -0.25) is 4.79 Å². The number of aryl methyl sites for hydroxylation is 1. The first-order valence-electron chi connectivity index (χ1n) is 8.56. The predicted molar refractivity (Wildman–Crippen MR) is 97.4 cm³/mol. The molecule has 2 aliphatic rings. The SMILES string of the molecule is Cl.Cn1nnnc1-c1cccc(NC(=O)CC2CC3CCC(C2)N3)c1. The molecule has 0 radical (unpaired) electrons. The lowest BCUT2D eigenvalue weighted by Crippen LogP contribution is -2.39. The zero-order valence-electron chi connectivity index (χ0n) is 14.2. The van der Waals surface area contributed by atoms with Gasteiger partial charge in [-0.1, -0.05) is 12.1 Å². The number of carbonyl (C=O) groups is 1. The lowest BCUT2D eigenvalue weighted by Gasteiger charge is -2.28. The van der Waals surface area contributed by atoms with Gasteiger partial charge in [0.05, 0.1) is 0 Å². The Morgan fingerprint density at radius 3 is 2.76 bits per heavy atom. The van der Waals surface area contributed by atoms with Crippen LogP contribution in [0, 0.1) is 5.92 Å². The van der Waals surface area contributed by atoms with Crippen LogP contribution in [0.25, 0.3) is 11.4 Å². The van der Waals surface area contributed by atoms with E-state index in [4.69, 9.17) is 0 Å². The predicted octanol–water partition coefficient (Wildman–Crippen LogP) is 2.16. The van der Waals surface area contributed by atoms with Crippen molar-refractivity contribution >= 4 is 24.0 Å². The highest BCUT2D eigenvalue weighted by atomic mass is 35.5. The lowest BCUT2D eigenvalue weighted by atomic mass is 9.89. The molecule has 1 aromatic carbocycles. The van der Waals surface area contributed by atoms with Crippen LogP contribution in [0.2, 0.25) is 0 Å². The van der Waals surface area contributed by atoms with Crippen LogP contribution in [-0.2, 0) is 11.8 Å². The molecule has 2 aliphatic heterocycles. The Hall–Kier alpha value is -1.99. The summed E-state index contributed by atoms with van der Waals surface area (Å²) in [7, 11) is 1.80. The minimum atomic E-state index is 0. The van der Waals surface area contributed by atoms with Gasteiger partial charge in [-0.15, -0.1) is 17.5 Å². The van der Waals surface area contributed by atoms with Gasteiger partial charge in [0.1, 0.15) is 0 Å². The molecule has 8 heteroatoms. The number of fused-ring (bicyclic) bond motifs is 2. The molecule has 1 aromatic heterocycles. The molecule has 2 unspecified atom stereocenters. The number of halogens is 1. The molecule has 1 amide bonds. The maximum atomic E-state index is 12.4. The van der Waals surface area contributed by atoms with Crippen LogP contribution in [0.4, 0.5) is 5.69 Å². The van der Waals surface area contributed by atoms with Gasteiger partial charge in [0, 0.05) is 36.8 Å². The van der Waals surface area contributed by atoms with Crippen LogP contribution < -0.4 is 10.6 Å². The summed E-state index contributed by atoms with van der Waals surface area (Å²) in [6.07, 6.45) is 5.36. The molecule has 2 aromatic rings. The second kappa shape index (κ2) is 7.49. The fraction of sp³-hybridized carbons (Fsp3) is 0.529.